The van der Waals surface area contributed by atoms with Crippen LogP contribution in [-0.4, -0.2) is 13.1 Å². The average molecular weight is 234 g/mol. The molecule has 2 aliphatic carbocycles. The summed E-state index contributed by atoms with van der Waals surface area (Å²) >= 11 is 0. The maximum atomic E-state index is 4.69. The Bertz CT molecular complexity index is 294. The number of rotatable bonds is 3. The lowest BCUT2D eigenvalue weighted by atomic mass is 9.64. The maximum Gasteiger partial charge on any atom is -0.0137 e. The van der Waals surface area contributed by atoms with Crippen LogP contribution in [0, 0.1) is 23.2 Å². The van der Waals surface area contributed by atoms with Gasteiger partial charge in [-0.1, -0.05) is 51.2 Å². The summed E-state index contributed by atoms with van der Waals surface area (Å²) in [5.74, 6) is 2.17. The predicted octanol–water partition coefficient (Wildman–Crippen LogP) is 4.79. The van der Waals surface area contributed by atoms with E-state index >= 15 is 0 Å². The maximum absolute atomic E-state index is 4.69. The van der Waals surface area contributed by atoms with Crippen molar-refractivity contribution in [3.63, 3.8) is 0 Å². The molecule has 0 heterocycles. The average Bonchev–Trinajstić information content (AvgIpc) is 2.58. The van der Waals surface area contributed by atoms with E-state index in [9.17, 15) is 0 Å². The second-order valence-corrected chi connectivity index (χ2v) is 6.84. The normalized spacial score (nSPS) is 39.5. The minimum atomic E-state index is 0.539. The Hall–Kier alpha value is -0.300. The topological polar surface area (TPSA) is 14.1 Å². The van der Waals surface area contributed by atoms with Crippen molar-refractivity contribution < 1.29 is 0 Å². The molecule has 0 aromatic carbocycles. The molecule has 0 saturated heterocycles. The smallest absolute Gasteiger partial charge is 0.0137 e. The van der Waals surface area contributed by atoms with Gasteiger partial charge in [-0.15, -0.1) is 6.04 Å². The summed E-state index contributed by atoms with van der Waals surface area (Å²) < 4.78 is 0. The molecule has 0 amide bonds. The van der Waals surface area contributed by atoms with Gasteiger partial charge in [0.15, 0.2) is 0 Å². The first-order valence-electron chi connectivity index (χ1n) is 7.26. The monoisotopic (exact) mass is 234 g/mol. The zero-order valence-electron chi connectivity index (χ0n) is 12.0. The van der Waals surface area contributed by atoms with E-state index in [0.717, 1.165) is 11.8 Å². The van der Waals surface area contributed by atoms with Crippen molar-refractivity contribution in [1.82, 2.24) is 0 Å². The lowest BCUT2D eigenvalue weighted by Gasteiger charge is -2.47. The van der Waals surface area contributed by atoms with E-state index in [-0.39, 0.29) is 0 Å². The van der Waals surface area contributed by atoms with E-state index in [4.69, 9.17) is 0 Å². The van der Waals surface area contributed by atoms with Gasteiger partial charge in [0.2, 0.25) is 0 Å². The molecular formula is C16H28N-. The third-order valence-corrected chi connectivity index (χ3v) is 5.33. The van der Waals surface area contributed by atoms with Gasteiger partial charge in [-0.05, 0) is 37.0 Å². The van der Waals surface area contributed by atoms with Gasteiger partial charge in [0.1, 0.15) is 0 Å². The summed E-state index contributed by atoms with van der Waals surface area (Å²) in [6.07, 6.45) is 6.77. The van der Waals surface area contributed by atoms with E-state index in [1.54, 1.807) is 0 Å². The van der Waals surface area contributed by atoms with Crippen LogP contribution in [0.5, 0.6) is 0 Å². The summed E-state index contributed by atoms with van der Waals surface area (Å²) in [6.45, 7) is 11.5. The fraction of sp³-hybridized carbons (Fsp3) is 0.875. The number of fused-ring (bicyclic) bond motifs is 1. The summed E-state index contributed by atoms with van der Waals surface area (Å²) in [4.78, 5) is 0. The molecule has 2 aliphatic rings. The van der Waals surface area contributed by atoms with Crippen LogP contribution in [0.2, 0.25) is 0 Å². The number of hydrogen-bond acceptors (Lipinski definition) is 0. The lowest BCUT2D eigenvalue weighted by molar-refractivity contribution is 0.162. The molecule has 0 aliphatic heterocycles. The van der Waals surface area contributed by atoms with Gasteiger partial charge in [0.05, 0.1) is 0 Å². The van der Waals surface area contributed by atoms with Crippen molar-refractivity contribution in [1.29, 1.82) is 0 Å². The molecule has 0 N–H and O–H groups in total. The second-order valence-electron chi connectivity index (χ2n) is 6.84. The minimum absolute atomic E-state index is 0.539. The van der Waals surface area contributed by atoms with Crippen LogP contribution in [0.25, 0.3) is 5.32 Å². The largest absolute Gasteiger partial charge is 0.662 e. The summed E-state index contributed by atoms with van der Waals surface area (Å²) in [7, 11) is 2.01. The first-order valence-corrected chi connectivity index (χ1v) is 7.26. The Labute approximate surface area is 107 Å². The number of hydrogen-bond donors (Lipinski definition) is 0. The van der Waals surface area contributed by atoms with Crippen LogP contribution < -0.4 is 0 Å². The Morgan fingerprint density at radius 2 is 2.06 bits per heavy atom. The lowest BCUT2D eigenvalue weighted by Crippen LogP contribution is -2.36. The molecule has 0 spiro atoms. The molecule has 17 heavy (non-hydrogen) atoms. The highest BCUT2D eigenvalue weighted by Gasteiger charge is 2.48. The molecule has 0 unspecified atom stereocenters. The van der Waals surface area contributed by atoms with Crippen LogP contribution in [0.3, 0.4) is 0 Å². The quantitative estimate of drug-likeness (QED) is 0.624. The zero-order chi connectivity index (χ0) is 12.6. The van der Waals surface area contributed by atoms with E-state index in [1.165, 1.54) is 37.7 Å². The number of nitrogens with zero attached hydrogens (tertiary/aromatic N) is 1. The Kier molecular flexibility index (Phi) is 3.68. The Morgan fingerprint density at radius 1 is 1.35 bits per heavy atom. The van der Waals surface area contributed by atoms with Gasteiger partial charge in [-0.3, -0.25) is 0 Å². The van der Waals surface area contributed by atoms with Gasteiger partial charge in [-0.2, -0.15) is 7.05 Å². The highest BCUT2D eigenvalue weighted by molar-refractivity contribution is 5.18. The Morgan fingerprint density at radius 3 is 2.65 bits per heavy atom. The van der Waals surface area contributed by atoms with Gasteiger partial charge >= 0.3 is 0 Å². The molecule has 0 bridgehead atoms. The van der Waals surface area contributed by atoms with Crippen LogP contribution in [0.4, 0.5) is 0 Å². The Balaban J connectivity index is 2.22. The van der Waals surface area contributed by atoms with Crippen LogP contribution in [0.1, 0.15) is 52.9 Å². The highest BCUT2D eigenvalue weighted by Crippen LogP contribution is 2.58. The van der Waals surface area contributed by atoms with Crippen molar-refractivity contribution in [2.45, 2.75) is 58.9 Å². The predicted molar refractivity (Wildman–Crippen MR) is 75.2 cm³/mol. The van der Waals surface area contributed by atoms with Crippen molar-refractivity contribution in [3.8, 4) is 0 Å². The SMILES string of the molecule is C=C1CCC[C@]2(C)CC[C@@H]([C@@H]([N-]C)C(C)C)[C@H]12. The molecule has 0 radical (unpaired) electrons. The van der Waals surface area contributed by atoms with E-state index in [0.29, 0.717) is 17.4 Å². The minimum Gasteiger partial charge on any atom is -0.662 e. The molecule has 0 aromatic heterocycles. The molecule has 2 saturated carbocycles. The third kappa shape index (κ3) is 2.19. The van der Waals surface area contributed by atoms with E-state index < -0.39 is 0 Å². The van der Waals surface area contributed by atoms with Crippen molar-refractivity contribution >= 4 is 0 Å². The molecule has 98 valence electrons. The first-order chi connectivity index (χ1) is 7.99. The number of allylic oxidation sites excluding steroid dienone is 1. The van der Waals surface area contributed by atoms with E-state index in [2.05, 4.69) is 32.7 Å². The highest BCUT2D eigenvalue weighted by atomic mass is 14.9. The molecule has 4 atom stereocenters. The third-order valence-electron chi connectivity index (χ3n) is 5.33. The molecule has 0 aromatic rings. The van der Waals surface area contributed by atoms with E-state index in [1.807, 2.05) is 7.05 Å². The zero-order valence-corrected chi connectivity index (χ0v) is 12.0. The van der Waals surface area contributed by atoms with Gasteiger partial charge in [-0.25, -0.2) is 0 Å². The standard InChI is InChI=1S/C16H28N/c1-11(2)15(17-5)13-8-10-16(4)9-6-7-12(3)14(13)16/h11,13-15H,3,6-10H2,1-2,4-5H3/q-1/t13-,14+,15+,16-/m1/s1. The fourth-order valence-corrected chi connectivity index (χ4v) is 4.64. The van der Waals surface area contributed by atoms with Gasteiger partial charge in [0.25, 0.3) is 0 Å². The molecule has 1 heteroatoms. The summed E-state index contributed by atoms with van der Waals surface area (Å²) in [5, 5.41) is 4.69. The van der Waals surface area contributed by atoms with Crippen LogP contribution in [-0.2, 0) is 0 Å². The van der Waals surface area contributed by atoms with Crippen LogP contribution >= 0.6 is 0 Å². The second kappa shape index (κ2) is 4.76. The van der Waals surface area contributed by atoms with Gasteiger partial charge < -0.3 is 5.32 Å². The summed E-state index contributed by atoms with van der Waals surface area (Å²) in [5.41, 5.74) is 2.06. The molecule has 1 nitrogen and oxygen atoms in total. The van der Waals surface area contributed by atoms with Crippen molar-refractivity contribution in [2.24, 2.45) is 23.2 Å². The first kappa shape index (κ1) is 13.1. The molecule has 2 rings (SSSR count). The summed E-state index contributed by atoms with van der Waals surface area (Å²) in [6, 6.07) is 0.539. The van der Waals surface area contributed by atoms with Crippen molar-refractivity contribution in [3.05, 3.63) is 17.5 Å². The molecule has 2 fully saturated rings. The van der Waals surface area contributed by atoms with Gasteiger partial charge in [0, 0.05) is 0 Å². The van der Waals surface area contributed by atoms with Crippen molar-refractivity contribution in [2.75, 3.05) is 7.05 Å². The fourth-order valence-electron chi connectivity index (χ4n) is 4.64. The van der Waals surface area contributed by atoms with Crippen LogP contribution in [0.15, 0.2) is 12.2 Å². The molecular weight excluding hydrogens is 206 g/mol.